The highest BCUT2D eigenvalue weighted by Crippen LogP contribution is 2.45. The number of nitrogens with zero attached hydrogens (tertiary/aromatic N) is 7. The third-order valence-corrected chi connectivity index (χ3v) is 7.39. The summed E-state index contributed by atoms with van der Waals surface area (Å²) in [5.41, 5.74) is 8.27. The van der Waals surface area contributed by atoms with Crippen LogP contribution in [-0.2, 0) is 11.3 Å². The molecule has 7 rings (SSSR count). The van der Waals surface area contributed by atoms with Crippen LogP contribution in [0.4, 0.5) is 28.7 Å². The zero-order valence-electron chi connectivity index (χ0n) is 22.6. The molecule has 5 aromatic rings. The largest absolute Gasteiger partial charge is 0.379 e. The number of anilines is 5. The smallest absolute Gasteiger partial charge is 0.140 e. The van der Waals surface area contributed by atoms with Gasteiger partial charge in [0.05, 0.1) is 53.7 Å². The summed E-state index contributed by atoms with van der Waals surface area (Å²) in [7, 11) is 2.13. The molecule has 3 N–H and O–H groups in total. The average molecular weight is 535 g/mol. The van der Waals surface area contributed by atoms with Crippen LogP contribution in [0.25, 0.3) is 22.5 Å². The molecule has 0 bridgehead atoms. The minimum absolute atomic E-state index is 0.293. The molecule has 0 unspecified atom stereocenters. The molecule has 2 aliphatic rings. The van der Waals surface area contributed by atoms with Crippen LogP contribution in [0.5, 0.6) is 0 Å². The molecule has 0 saturated carbocycles. The van der Waals surface area contributed by atoms with E-state index in [1.807, 2.05) is 44.6 Å². The molecule has 1 aromatic carbocycles. The Balaban J connectivity index is 1.28. The molecule has 4 aromatic heterocycles. The zero-order valence-corrected chi connectivity index (χ0v) is 22.6. The lowest BCUT2D eigenvalue weighted by molar-refractivity contribution is 0.184. The number of ether oxygens (including phenoxy) is 1. The van der Waals surface area contributed by atoms with Crippen LogP contribution in [0.15, 0.2) is 55.1 Å². The third kappa shape index (κ3) is 4.34. The first-order chi connectivity index (χ1) is 19.5. The SMILES string of the molecule is Cc1cc(Nc2cc(Nc3cccc4c3N(C)Cc3c-4cnn3[C@@H]3CCOC3)c(-c3ncc[nH]3)cn2)nc(C)n1. The monoisotopic (exact) mass is 534 g/mol. The summed E-state index contributed by atoms with van der Waals surface area (Å²) < 4.78 is 7.81. The summed E-state index contributed by atoms with van der Waals surface area (Å²) in [6.07, 6.45) is 8.36. The topological polar surface area (TPSA) is 122 Å². The summed E-state index contributed by atoms with van der Waals surface area (Å²) in [5, 5.41) is 11.8. The molecule has 11 heteroatoms. The summed E-state index contributed by atoms with van der Waals surface area (Å²) in [6.45, 7) is 6.10. The Kier molecular flexibility index (Phi) is 5.93. The van der Waals surface area contributed by atoms with E-state index in [1.165, 1.54) is 11.3 Å². The molecule has 0 radical (unpaired) electrons. The van der Waals surface area contributed by atoms with Crippen molar-refractivity contribution in [2.45, 2.75) is 32.9 Å². The fourth-order valence-corrected chi connectivity index (χ4v) is 5.66. The van der Waals surface area contributed by atoms with Gasteiger partial charge < -0.3 is 25.3 Å². The van der Waals surface area contributed by atoms with Crippen LogP contribution in [0.1, 0.15) is 29.7 Å². The number of nitrogens with one attached hydrogen (secondary N) is 3. The van der Waals surface area contributed by atoms with Crippen LogP contribution in [0, 0.1) is 13.8 Å². The summed E-state index contributed by atoms with van der Waals surface area (Å²) in [6, 6.07) is 10.5. The number of hydrogen-bond donors (Lipinski definition) is 3. The van der Waals surface area contributed by atoms with Gasteiger partial charge in [-0.1, -0.05) is 12.1 Å². The highest BCUT2D eigenvalue weighted by atomic mass is 16.5. The van der Waals surface area contributed by atoms with Crippen molar-refractivity contribution in [3.8, 4) is 22.5 Å². The van der Waals surface area contributed by atoms with Crippen molar-refractivity contribution >= 4 is 28.7 Å². The summed E-state index contributed by atoms with van der Waals surface area (Å²) in [5.74, 6) is 2.80. The zero-order chi connectivity index (χ0) is 27.2. The number of para-hydroxylation sites is 1. The highest BCUT2D eigenvalue weighted by molar-refractivity contribution is 5.93. The van der Waals surface area contributed by atoms with E-state index in [2.05, 4.69) is 70.4 Å². The lowest BCUT2D eigenvalue weighted by Crippen LogP contribution is -2.26. The molecule has 1 fully saturated rings. The Morgan fingerprint density at radius 2 is 1.90 bits per heavy atom. The van der Waals surface area contributed by atoms with Crippen molar-refractivity contribution in [2.75, 3.05) is 35.8 Å². The van der Waals surface area contributed by atoms with Crippen molar-refractivity contribution in [2.24, 2.45) is 0 Å². The molecule has 202 valence electrons. The van der Waals surface area contributed by atoms with Crippen molar-refractivity contribution in [3.63, 3.8) is 0 Å². The van der Waals surface area contributed by atoms with Gasteiger partial charge in [0.2, 0.25) is 0 Å². The Labute approximate surface area is 231 Å². The number of rotatable bonds is 6. The first-order valence-electron chi connectivity index (χ1n) is 13.4. The second-order valence-corrected chi connectivity index (χ2v) is 10.3. The standard InChI is InChI=1S/C29H30N10O/c1-17-11-27(35-18(2)34-17)37-26-12-24(22(13-32-26)29-30-8-9-31-29)36-23-6-4-5-20-21-14-33-39(19-7-10-40-16-19)25(21)15-38(3)28(20)23/h4-6,8-9,11-14,19H,7,10,15-16H2,1-3H3,(H,30,31)(H2,32,34,35,36,37)/t19-/m1/s1. The van der Waals surface area contributed by atoms with Crippen molar-refractivity contribution in [3.05, 3.63) is 72.3 Å². The fraction of sp³-hybridized carbons (Fsp3) is 0.276. The maximum Gasteiger partial charge on any atom is 0.140 e. The van der Waals surface area contributed by atoms with E-state index in [9.17, 15) is 0 Å². The molecular formula is C29H30N10O. The van der Waals surface area contributed by atoms with Gasteiger partial charge >= 0.3 is 0 Å². The van der Waals surface area contributed by atoms with Crippen LogP contribution in [-0.4, -0.2) is 55.0 Å². The predicted molar refractivity (Wildman–Crippen MR) is 154 cm³/mol. The van der Waals surface area contributed by atoms with E-state index in [0.29, 0.717) is 30.1 Å². The third-order valence-electron chi connectivity index (χ3n) is 7.39. The Morgan fingerprint density at radius 3 is 2.70 bits per heavy atom. The second kappa shape index (κ2) is 9.76. The van der Waals surface area contributed by atoms with Gasteiger partial charge in [-0.05, 0) is 26.3 Å². The molecule has 0 amide bonds. The van der Waals surface area contributed by atoms with E-state index < -0.39 is 0 Å². The number of aromatic amines is 1. The Morgan fingerprint density at radius 1 is 0.975 bits per heavy atom. The lowest BCUT2D eigenvalue weighted by Gasteiger charge is -2.31. The molecule has 1 atom stereocenters. The van der Waals surface area contributed by atoms with Gasteiger partial charge in [0.15, 0.2) is 0 Å². The number of H-pyrrole nitrogens is 1. The minimum atomic E-state index is 0.293. The molecular weight excluding hydrogens is 504 g/mol. The molecule has 11 nitrogen and oxygen atoms in total. The number of fused-ring (bicyclic) bond motifs is 3. The molecule has 40 heavy (non-hydrogen) atoms. The van der Waals surface area contributed by atoms with Gasteiger partial charge in [-0.2, -0.15) is 5.10 Å². The van der Waals surface area contributed by atoms with Gasteiger partial charge in [0.1, 0.15) is 23.3 Å². The number of aromatic nitrogens is 7. The number of pyridine rings is 1. The number of aryl methyl sites for hydroxylation is 2. The van der Waals surface area contributed by atoms with Crippen LogP contribution in [0.3, 0.4) is 0 Å². The van der Waals surface area contributed by atoms with E-state index >= 15 is 0 Å². The van der Waals surface area contributed by atoms with Crippen LogP contribution >= 0.6 is 0 Å². The molecule has 1 saturated heterocycles. The van der Waals surface area contributed by atoms with E-state index in [-0.39, 0.29) is 0 Å². The van der Waals surface area contributed by atoms with Crippen LogP contribution in [0.2, 0.25) is 0 Å². The molecule has 6 heterocycles. The summed E-state index contributed by atoms with van der Waals surface area (Å²) in [4.78, 5) is 23.5. The first-order valence-corrected chi connectivity index (χ1v) is 13.4. The Hall–Kier alpha value is -4.77. The average Bonchev–Trinajstić information content (AvgIpc) is 3.70. The Bertz CT molecular complexity index is 1670. The second-order valence-electron chi connectivity index (χ2n) is 10.3. The number of imidazole rings is 1. The maximum absolute atomic E-state index is 5.64. The van der Waals surface area contributed by atoms with Gasteiger partial charge in [-0.25, -0.2) is 19.9 Å². The highest BCUT2D eigenvalue weighted by Gasteiger charge is 2.30. The molecule has 0 spiro atoms. The quantitative estimate of drug-likeness (QED) is 0.272. The molecule has 0 aliphatic carbocycles. The predicted octanol–water partition coefficient (Wildman–Crippen LogP) is 5.14. The van der Waals surface area contributed by atoms with Crippen molar-refractivity contribution < 1.29 is 4.74 Å². The van der Waals surface area contributed by atoms with Gasteiger partial charge in [-0.15, -0.1) is 0 Å². The van der Waals surface area contributed by atoms with Gasteiger partial charge in [-0.3, -0.25) is 4.68 Å². The van der Waals surface area contributed by atoms with E-state index in [0.717, 1.165) is 59.3 Å². The molecule has 2 aliphatic heterocycles. The van der Waals surface area contributed by atoms with Crippen LogP contribution < -0.4 is 15.5 Å². The fourth-order valence-electron chi connectivity index (χ4n) is 5.66. The summed E-state index contributed by atoms with van der Waals surface area (Å²) >= 11 is 0. The first kappa shape index (κ1) is 24.3. The normalized spacial score (nSPS) is 16.1. The maximum atomic E-state index is 5.64. The minimum Gasteiger partial charge on any atom is -0.379 e. The lowest BCUT2D eigenvalue weighted by atomic mass is 9.97. The van der Waals surface area contributed by atoms with Gasteiger partial charge in [0, 0.05) is 61.2 Å². The van der Waals surface area contributed by atoms with Crippen molar-refractivity contribution in [1.82, 2.24) is 34.7 Å². The van der Waals surface area contributed by atoms with E-state index in [1.54, 1.807) is 6.20 Å². The number of benzene rings is 1. The number of hydrogen-bond acceptors (Lipinski definition) is 9. The van der Waals surface area contributed by atoms with E-state index in [4.69, 9.17) is 9.84 Å². The van der Waals surface area contributed by atoms with Gasteiger partial charge in [0.25, 0.3) is 0 Å². The van der Waals surface area contributed by atoms with Crippen molar-refractivity contribution in [1.29, 1.82) is 0 Å².